The van der Waals surface area contributed by atoms with Gasteiger partial charge in [0.05, 0.1) is 6.61 Å². The van der Waals surface area contributed by atoms with Gasteiger partial charge in [-0.3, -0.25) is 0 Å². The third kappa shape index (κ3) is 2.47. The second kappa shape index (κ2) is 4.99. The van der Waals surface area contributed by atoms with E-state index < -0.39 is 5.82 Å². The van der Waals surface area contributed by atoms with Crippen LogP contribution >= 0.6 is 11.8 Å². The number of aliphatic hydroxyl groups is 1. The molecule has 0 heterocycles. The maximum absolute atomic E-state index is 13.1. The van der Waals surface area contributed by atoms with Crippen LogP contribution in [0.1, 0.15) is 12.5 Å². The van der Waals surface area contributed by atoms with Crippen molar-refractivity contribution in [1.82, 2.24) is 0 Å². The molecule has 0 amide bonds. The molecule has 0 saturated heterocycles. The minimum Gasteiger partial charge on any atom is -0.395 e. The Bertz CT molecular complexity index is 362. The van der Waals surface area contributed by atoms with E-state index in [1.54, 1.807) is 12.1 Å². The van der Waals surface area contributed by atoms with Crippen LogP contribution in [-0.2, 0) is 0 Å². The molecule has 1 N–H and O–H groups in total. The first-order valence-electron chi connectivity index (χ1n) is 4.15. The van der Waals surface area contributed by atoms with Crippen molar-refractivity contribution in [3.8, 4) is 6.07 Å². The Kier molecular flexibility index (Phi) is 3.93. The van der Waals surface area contributed by atoms with Crippen LogP contribution in [0.3, 0.4) is 0 Å². The van der Waals surface area contributed by atoms with Crippen LogP contribution in [0, 0.1) is 17.1 Å². The van der Waals surface area contributed by atoms with Crippen LogP contribution in [0.4, 0.5) is 4.39 Å². The normalized spacial score (nSPS) is 12.1. The summed E-state index contributed by atoms with van der Waals surface area (Å²) in [6.07, 6.45) is 0. The van der Waals surface area contributed by atoms with Crippen molar-refractivity contribution in [2.45, 2.75) is 17.1 Å². The van der Waals surface area contributed by atoms with Crippen LogP contribution in [0.2, 0.25) is 0 Å². The van der Waals surface area contributed by atoms with Gasteiger partial charge in [0.25, 0.3) is 0 Å². The van der Waals surface area contributed by atoms with Gasteiger partial charge in [0.1, 0.15) is 17.4 Å². The average Bonchev–Trinajstić information content (AvgIpc) is 2.18. The summed E-state index contributed by atoms with van der Waals surface area (Å²) in [6.45, 7) is 1.82. The molecule has 1 atom stereocenters. The highest BCUT2D eigenvalue weighted by Gasteiger charge is 2.10. The highest BCUT2D eigenvalue weighted by atomic mass is 32.2. The summed E-state index contributed by atoms with van der Waals surface area (Å²) < 4.78 is 13.1. The van der Waals surface area contributed by atoms with Crippen molar-refractivity contribution in [2.75, 3.05) is 6.61 Å². The van der Waals surface area contributed by atoms with Crippen LogP contribution in [0.5, 0.6) is 0 Å². The maximum atomic E-state index is 13.1. The van der Waals surface area contributed by atoms with Gasteiger partial charge in [-0.1, -0.05) is 13.0 Å². The Labute approximate surface area is 86.4 Å². The van der Waals surface area contributed by atoms with Gasteiger partial charge < -0.3 is 5.11 Å². The molecule has 14 heavy (non-hydrogen) atoms. The standard InChI is InChI=1S/C10H10FNOS/c1-7(6-13)14-10-4-2-3-9(11)8(10)5-12/h2-4,7,13H,6H2,1H3. The van der Waals surface area contributed by atoms with Crippen molar-refractivity contribution < 1.29 is 9.50 Å². The van der Waals surface area contributed by atoms with Crippen molar-refractivity contribution in [3.63, 3.8) is 0 Å². The molecule has 1 aromatic rings. The number of thioether (sulfide) groups is 1. The number of rotatable bonds is 3. The molecule has 0 bridgehead atoms. The van der Waals surface area contributed by atoms with E-state index in [1.165, 1.54) is 17.8 Å². The van der Waals surface area contributed by atoms with E-state index >= 15 is 0 Å². The smallest absolute Gasteiger partial charge is 0.142 e. The van der Waals surface area contributed by atoms with E-state index in [1.807, 2.05) is 13.0 Å². The van der Waals surface area contributed by atoms with E-state index in [-0.39, 0.29) is 17.4 Å². The molecular formula is C10H10FNOS. The summed E-state index contributed by atoms with van der Waals surface area (Å²) in [5.41, 5.74) is 0.0535. The molecule has 0 aliphatic carbocycles. The zero-order chi connectivity index (χ0) is 10.6. The van der Waals surface area contributed by atoms with E-state index in [0.29, 0.717) is 4.90 Å². The molecule has 0 aliphatic heterocycles. The number of nitriles is 1. The quantitative estimate of drug-likeness (QED) is 0.779. The fraction of sp³-hybridized carbons (Fsp3) is 0.300. The fourth-order valence-corrected chi connectivity index (χ4v) is 1.89. The zero-order valence-electron chi connectivity index (χ0n) is 7.70. The van der Waals surface area contributed by atoms with Gasteiger partial charge >= 0.3 is 0 Å². The Morgan fingerprint density at radius 3 is 2.93 bits per heavy atom. The predicted molar refractivity (Wildman–Crippen MR) is 53.5 cm³/mol. The van der Waals surface area contributed by atoms with Crippen molar-refractivity contribution in [2.24, 2.45) is 0 Å². The van der Waals surface area contributed by atoms with Gasteiger partial charge in [0.2, 0.25) is 0 Å². The maximum Gasteiger partial charge on any atom is 0.142 e. The molecule has 0 spiro atoms. The second-order valence-electron chi connectivity index (χ2n) is 2.84. The van der Waals surface area contributed by atoms with Gasteiger partial charge in [-0.25, -0.2) is 4.39 Å². The number of aliphatic hydroxyl groups excluding tert-OH is 1. The minimum absolute atomic E-state index is 0.00600. The molecule has 0 saturated carbocycles. The largest absolute Gasteiger partial charge is 0.395 e. The van der Waals surface area contributed by atoms with E-state index in [4.69, 9.17) is 10.4 Å². The molecule has 1 aromatic carbocycles. The van der Waals surface area contributed by atoms with Gasteiger partial charge in [-0.05, 0) is 12.1 Å². The van der Waals surface area contributed by atoms with Crippen LogP contribution < -0.4 is 0 Å². The number of halogens is 1. The SMILES string of the molecule is CC(CO)Sc1cccc(F)c1C#N. The summed E-state index contributed by atoms with van der Waals surface area (Å²) in [7, 11) is 0. The van der Waals surface area contributed by atoms with Crippen LogP contribution in [0.15, 0.2) is 23.1 Å². The highest BCUT2D eigenvalue weighted by molar-refractivity contribution is 8.00. The molecule has 4 heteroatoms. The fourth-order valence-electron chi connectivity index (χ4n) is 0.965. The molecule has 0 aliphatic rings. The summed E-state index contributed by atoms with van der Waals surface area (Å²) in [6, 6.07) is 6.31. The summed E-state index contributed by atoms with van der Waals surface area (Å²) >= 11 is 1.30. The predicted octanol–water partition coefficient (Wildman–Crippen LogP) is 2.17. The van der Waals surface area contributed by atoms with E-state index in [0.717, 1.165) is 0 Å². The molecular weight excluding hydrogens is 201 g/mol. The lowest BCUT2D eigenvalue weighted by molar-refractivity contribution is 0.300. The molecule has 0 radical (unpaired) electrons. The number of nitrogens with zero attached hydrogens (tertiary/aromatic N) is 1. The third-order valence-electron chi connectivity index (χ3n) is 1.67. The first-order chi connectivity index (χ1) is 6.69. The summed E-state index contributed by atoms with van der Waals surface area (Å²) in [5, 5.41) is 17.5. The Morgan fingerprint density at radius 1 is 1.64 bits per heavy atom. The Balaban J connectivity index is 2.98. The first-order valence-corrected chi connectivity index (χ1v) is 5.03. The van der Waals surface area contributed by atoms with E-state index in [9.17, 15) is 4.39 Å². The van der Waals surface area contributed by atoms with Gasteiger partial charge in [-0.2, -0.15) is 5.26 Å². The lowest BCUT2D eigenvalue weighted by Gasteiger charge is -2.08. The Morgan fingerprint density at radius 2 is 2.36 bits per heavy atom. The van der Waals surface area contributed by atoms with Crippen molar-refractivity contribution in [3.05, 3.63) is 29.6 Å². The number of hydrogen-bond acceptors (Lipinski definition) is 3. The first kappa shape index (κ1) is 11.0. The van der Waals surface area contributed by atoms with Gasteiger partial charge in [0.15, 0.2) is 0 Å². The van der Waals surface area contributed by atoms with Gasteiger partial charge in [-0.15, -0.1) is 11.8 Å². The molecule has 1 rings (SSSR count). The molecule has 1 unspecified atom stereocenters. The molecule has 74 valence electrons. The molecule has 0 aromatic heterocycles. The number of hydrogen-bond donors (Lipinski definition) is 1. The van der Waals surface area contributed by atoms with Crippen LogP contribution in [0.25, 0.3) is 0 Å². The third-order valence-corrected chi connectivity index (χ3v) is 2.82. The lowest BCUT2D eigenvalue weighted by atomic mass is 10.2. The van der Waals surface area contributed by atoms with Crippen LogP contribution in [-0.4, -0.2) is 17.0 Å². The number of benzene rings is 1. The summed E-state index contributed by atoms with van der Waals surface area (Å²) in [4.78, 5) is 0.578. The highest BCUT2D eigenvalue weighted by Crippen LogP contribution is 2.27. The monoisotopic (exact) mass is 211 g/mol. The average molecular weight is 211 g/mol. The van der Waals surface area contributed by atoms with Gasteiger partial charge in [0, 0.05) is 10.1 Å². The van der Waals surface area contributed by atoms with Crippen molar-refractivity contribution in [1.29, 1.82) is 5.26 Å². The Hall–Kier alpha value is -1.05. The minimum atomic E-state index is -0.511. The second-order valence-corrected chi connectivity index (χ2v) is 4.32. The topological polar surface area (TPSA) is 44.0 Å². The molecule has 2 nitrogen and oxygen atoms in total. The zero-order valence-corrected chi connectivity index (χ0v) is 8.51. The summed E-state index contributed by atoms with van der Waals surface area (Å²) in [5.74, 6) is -0.511. The van der Waals surface area contributed by atoms with E-state index in [2.05, 4.69) is 0 Å². The van der Waals surface area contributed by atoms with Crippen molar-refractivity contribution >= 4 is 11.8 Å². The lowest BCUT2D eigenvalue weighted by Crippen LogP contribution is -2.02. The molecule has 0 fully saturated rings.